The predicted octanol–water partition coefficient (Wildman–Crippen LogP) is 5.04. The Morgan fingerprint density at radius 3 is 3.00 bits per heavy atom. The van der Waals surface area contributed by atoms with Gasteiger partial charge < -0.3 is 24.5 Å². The fraction of sp³-hybridized carbons (Fsp3) is 0.333. The van der Waals surface area contributed by atoms with Gasteiger partial charge in [0.1, 0.15) is 18.0 Å². The Bertz CT molecular complexity index is 1240. The minimum atomic E-state index is -0.360. The number of nitrogens with one attached hydrogen (secondary N) is 2. The number of hydrogen-bond donors (Lipinski definition) is 2. The van der Waals surface area contributed by atoms with E-state index in [1.165, 1.54) is 31.1 Å². The quantitative estimate of drug-likeness (QED) is 0.375. The van der Waals surface area contributed by atoms with E-state index < -0.39 is 0 Å². The van der Waals surface area contributed by atoms with Crippen LogP contribution in [0.4, 0.5) is 15.9 Å². The van der Waals surface area contributed by atoms with Crippen LogP contribution in [0.5, 0.6) is 11.5 Å². The van der Waals surface area contributed by atoms with Crippen molar-refractivity contribution in [3.05, 3.63) is 48.7 Å². The number of aromatic nitrogens is 2. The number of nitrogens with zero attached hydrogens (tertiary/aromatic N) is 2. The summed E-state index contributed by atoms with van der Waals surface area (Å²) in [4.78, 5) is 8.75. The van der Waals surface area contributed by atoms with Gasteiger partial charge in [0.15, 0.2) is 17.1 Å². The van der Waals surface area contributed by atoms with Gasteiger partial charge in [-0.15, -0.1) is 0 Å². The molecule has 1 aliphatic heterocycles. The van der Waals surface area contributed by atoms with Gasteiger partial charge in [-0.2, -0.15) is 0 Å². The smallest absolute Gasteiger partial charge is 0.163 e. The zero-order valence-electron chi connectivity index (χ0n) is 17.9. The van der Waals surface area contributed by atoms with Crippen molar-refractivity contribution in [3.63, 3.8) is 0 Å². The van der Waals surface area contributed by atoms with Crippen LogP contribution in [-0.2, 0) is 0 Å². The maximum atomic E-state index is 14.1. The highest BCUT2D eigenvalue weighted by Crippen LogP contribution is 2.36. The van der Waals surface area contributed by atoms with E-state index in [0.29, 0.717) is 46.1 Å². The third-order valence-electron chi connectivity index (χ3n) is 5.87. The van der Waals surface area contributed by atoms with Crippen LogP contribution in [0.1, 0.15) is 19.3 Å². The minimum absolute atomic E-state index is 0.360. The molecule has 2 aromatic carbocycles. The normalized spacial score (nSPS) is 16.0. The Kier molecular flexibility index (Phi) is 5.77. The maximum Gasteiger partial charge on any atom is 0.163 e. The van der Waals surface area contributed by atoms with Crippen LogP contribution >= 0.6 is 0 Å². The molecule has 1 atom stereocenters. The van der Waals surface area contributed by atoms with Gasteiger partial charge in [-0.25, -0.2) is 14.4 Å². The van der Waals surface area contributed by atoms with Crippen molar-refractivity contribution in [2.24, 2.45) is 5.92 Å². The van der Waals surface area contributed by atoms with E-state index in [4.69, 9.17) is 13.9 Å². The molecule has 0 aliphatic carbocycles. The van der Waals surface area contributed by atoms with Gasteiger partial charge in [0, 0.05) is 22.9 Å². The molecule has 2 N–H and O–H groups in total. The summed E-state index contributed by atoms with van der Waals surface area (Å²) in [6, 6.07) is 8.22. The first-order valence-electron chi connectivity index (χ1n) is 10.8. The number of benzene rings is 2. The van der Waals surface area contributed by atoms with Crippen LogP contribution in [0.15, 0.2) is 47.3 Å². The number of rotatable bonds is 8. The van der Waals surface area contributed by atoms with Crippen LogP contribution in [0.3, 0.4) is 0 Å². The van der Waals surface area contributed by atoms with Crippen LogP contribution in [0.2, 0.25) is 0 Å². The second-order valence-electron chi connectivity index (χ2n) is 8.01. The topological polar surface area (TPSA) is 81.4 Å². The molecule has 166 valence electrons. The summed E-state index contributed by atoms with van der Waals surface area (Å²) in [5.74, 6) is 2.15. The van der Waals surface area contributed by atoms with E-state index >= 15 is 0 Å². The Morgan fingerprint density at radius 1 is 1.22 bits per heavy atom. The molecule has 3 heterocycles. The lowest BCUT2D eigenvalue weighted by Gasteiger charge is -2.14. The predicted molar refractivity (Wildman–Crippen MR) is 121 cm³/mol. The molecule has 8 heteroatoms. The molecule has 0 saturated carbocycles. The largest absolute Gasteiger partial charge is 0.493 e. The number of furan rings is 1. The summed E-state index contributed by atoms with van der Waals surface area (Å²) in [5.41, 5.74) is 1.75. The monoisotopic (exact) mass is 436 g/mol. The van der Waals surface area contributed by atoms with Crippen LogP contribution < -0.4 is 20.1 Å². The summed E-state index contributed by atoms with van der Waals surface area (Å²) in [6.45, 7) is 2.83. The first-order valence-corrected chi connectivity index (χ1v) is 10.8. The summed E-state index contributed by atoms with van der Waals surface area (Å²) >= 11 is 0. The zero-order valence-corrected chi connectivity index (χ0v) is 17.9. The van der Waals surface area contributed by atoms with Crippen molar-refractivity contribution in [1.29, 1.82) is 0 Å². The van der Waals surface area contributed by atoms with Gasteiger partial charge in [-0.05, 0) is 56.5 Å². The molecule has 0 bridgehead atoms. The number of methoxy groups -OCH3 is 1. The summed E-state index contributed by atoms with van der Waals surface area (Å²) in [7, 11) is 1.61. The fourth-order valence-corrected chi connectivity index (χ4v) is 4.22. The Hall–Kier alpha value is -3.39. The van der Waals surface area contributed by atoms with Crippen molar-refractivity contribution in [2.75, 3.05) is 32.1 Å². The third-order valence-corrected chi connectivity index (χ3v) is 5.87. The molecule has 32 heavy (non-hydrogen) atoms. The van der Waals surface area contributed by atoms with Gasteiger partial charge in [0.25, 0.3) is 0 Å². The highest BCUT2D eigenvalue weighted by atomic mass is 19.1. The first kappa shape index (κ1) is 20.5. The Morgan fingerprint density at radius 2 is 2.16 bits per heavy atom. The molecule has 0 radical (unpaired) electrons. The average molecular weight is 436 g/mol. The lowest BCUT2D eigenvalue weighted by molar-refractivity contribution is 0.278. The van der Waals surface area contributed by atoms with Crippen molar-refractivity contribution >= 4 is 33.4 Å². The number of fused-ring (bicyclic) bond motifs is 2. The zero-order chi connectivity index (χ0) is 21.9. The van der Waals surface area contributed by atoms with Gasteiger partial charge in [-0.3, -0.25) is 0 Å². The molecule has 5 rings (SSSR count). The molecular formula is C24H25FN4O3. The van der Waals surface area contributed by atoms with Crippen molar-refractivity contribution in [1.82, 2.24) is 15.3 Å². The van der Waals surface area contributed by atoms with E-state index in [1.807, 2.05) is 12.1 Å². The number of halogens is 1. The standard InChI is InChI=1S/C24H25FN4O3/c1-30-21-11-18-19(12-22(21)31-7-2-3-15-4-6-26-13-15)27-14-28-24(18)29-20-10-17(25)9-16-5-8-32-23(16)20/h5,8-12,14-15,26H,2-4,6-7,13H2,1H3,(H,27,28,29). The van der Waals surface area contributed by atoms with E-state index in [9.17, 15) is 4.39 Å². The van der Waals surface area contributed by atoms with Crippen LogP contribution in [0.25, 0.3) is 21.9 Å². The molecule has 1 fully saturated rings. The molecule has 1 aliphatic rings. The Balaban J connectivity index is 1.39. The highest BCUT2D eigenvalue weighted by Gasteiger charge is 2.16. The van der Waals surface area contributed by atoms with E-state index in [1.54, 1.807) is 13.2 Å². The maximum absolute atomic E-state index is 14.1. The third kappa shape index (κ3) is 4.18. The van der Waals surface area contributed by atoms with E-state index in [2.05, 4.69) is 20.6 Å². The summed E-state index contributed by atoms with van der Waals surface area (Å²) < 4.78 is 31.2. The number of hydrogen-bond acceptors (Lipinski definition) is 7. The molecular weight excluding hydrogens is 411 g/mol. The lowest BCUT2D eigenvalue weighted by atomic mass is 10.0. The van der Waals surface area contributed by atoms with Crippen molar-refractivity contribution in [3.8, 4) is 11.5 Å². The molecule has 4 aromatic rings. The van der Waals surface area contributed by atoms with Gasteiger partial charge in [-0.1, -0.05) is 0 Å². The molecule has 0 spiro atoms. The SMILES string of the molecule is COc1cc2c(Nc3cc(F)cc4ccoc34)ncnc2cc1OCCCC1CCNC1. The minimum Gasteiger partial charge on any atom is -0.493 e. The Labute approximate surface area is 184 Å². The van der Waals surface area contributed by atoms with Gasteiger partial charge >= 0.3 is 0 Å². The van der Waals surface area contributed by atoms with Crippen molar-refractivity contribution in [2.45, 2.75) is 19.3 Å². The first-order chi connectivity index (χ1) is 15.7. The van der Waals surface area contributed by atoms with Crippen LogP contribution in [0, 0.1) is 11.7 Å². The molecule has 1 unspecified atom stereocenters. The summed E-state index contributed by atoms with van der Waals surface area (Å²) in [6.07, 6.45) is 6.37. The molecule has 2 aromatic heterocycles. The lowest BCUT2D eigenvalue weighted by Crippen LogP contribution is -2.10. The second-order valence-corrected chi connectivity index (χ2v) is 8.01. The molecule has 0 amide bonds. The van der Waals surface area contributed by atoms with Crippen LogP contribution in [-0.4, -0.2) is 36.8 Å². The van der Waals surface area contributed by atoms with Crippen molar-refractivity contribution < 1.29 is 18.3 Å². The number of ether oxygens (including phenoxy) is 2. The van der Waals surface area contributed by atoms with Gasteiger partial charge in [0.05, 0.1) is 31.2 Å². The average Bonchev–Trinajstić information content (AvgIpc) is 3.48. The highest BCUT2D eigenvalue weighted by molar-refractivity contribution is 5.97. The van der Waals surface area contributed by atoms with Gasteiger partial charge in [0.2, 0.25) is 0 Å². The number of anilines is 2. The second kappa shape index (κ2) is 9.00. The molecule has 1 saturated heterocycles. The van der Waals surface area contributed by atoms with E-state index in [-0.39, 0.29) is 5.82 Å². The fourth-order valence-electron chi connectivity index (χ4n) is 4.22. The summed E-state index contributed by atoms with van der Waals surface area (Å²) in [5, 5.41) is 7.99. The van der Waals surface area contributed by atoms with E-state index in [0.717, 1.165) is 37.2 Å². The molecule has 7 nitrogen and oxygen atoms in total.